The van der Waals surface area contributed by atoms with Crippen LogP contribution >= 0.6 is 0 Å². The molecule has 0 aromatic heterocycles. The molecule has 0 radical (unpaired) electrons. The lowest BCUT2D eigenvalue weighted by Crippen LogP contribution is -1.88. The standard InChI is InChI=1S/C21H21/c1-3-16-15-20(17-11-7-5-8-12-17)21(19(16)4-2)18-13-9-6-10-14-18/h5-15H,3-4H2,1-2H3/q-1. The fourth-order valence-electron chi connectivity index (χ4n) is 3.16. The van der Waals surface area contributed by atoms with Crippen molar-refractivity contribution in [2.24, 2.45) is 0 Å². The summed E-state index contributed by atoms with van der Waals surface area (Å²) in [6.07, 6.45) is 2.18. The van der Waals surface area contributed by atoms with Gasteiger partial charge in [-0.15, -0.1) is 0 Å². The monoisotopic (exact) mass is 273 g/mol. The fourth-order valence-corrected chi connectivity index (χ4v) is 3.16. The van der Waals surface area contributed by atoms with Crippen LogP contribution in [-0.2, 0) is 12.8 Å². The Kier molecular flexibility index (Phi) is 3.96. The van der Waals surface area contributed by atoms with E-state index in [4.69, 9.17) is 0 Å². The highest BCUT2D eigenvalue weighted by Gasteiger charge is 2.07. The first kappa shape index (κ1) is 13.8. The van der Waals surface area contributed by atoms with Crippen molar-refractivity contribution in [3.05, 3.63) is 77.9 Å². The Morgan fingerprint density at radius 2 is 1.33 bits per heavy atom. The van der Waals surface area contributed by atoms with E-state index in [0.717, 1.165) is 12.8 Å². The van der Waals surface area contributed by atoms with Crippen molar-refractivity contribution < 1.29 is 0 Å². The molecule has 3 aromatic carbocycles. The molecule has 0 unspecified atom stereocenters. The molecule has 0 amide bonds. The van der Waals surface area contributed by atoms with Crippen molar-refractivity contribution in [1.29, 1.82) is 0 Å². The Labute approximate surface area is 127 Å². The highest BCUT2D eigenvalue weighted by atomic mass is 14.2. The summed E-state index contributed by atoms with van der Waals surface area (Å²) < 4.78 is 0. The van der Waals surface area contributed by atoms with Gasteiger partial charge in [-0.3, -0.25) is 0 Å². The van der Waals surface area contributed by atoms with Crippen molar-refractivity contribution in [3.63, 3.8) is 0 Å². The first-order valence-corrected chi connectivity index (χ1v) is 7.77. The molecule has 0 nitrogen and oxygen atoms in total. The normalized spacial score (nSPS) is 10.8. The highest BCUT2D eigenvalue weighted by Crippen LogP contribution is 2.39. The van der Waals surface area contributed by atoms with E-state index in [1.807, 2.05) is 0 Å². The molecule has 0 heteroatoms. The van der Waals surface area contributed by atoms with Crippen LogP contribution in [0.1, 0.15) is 25.0 Å². The predicted octanol–water partition coefficient (Wildman–Crippen LogP) is 5.86. The van der Waals surface area contributed by atoms with Gasteiger partial charge in [-0.1, -0.05) is 98.5 Å². The van der Waals surface area contributed by atoms with Crippen LogP contribution in [0.25, 0.3) is 22.3 Å². The Balaban J connectivity index is 2.27. The molecule has 3 rings (SSSR count). The van der Waals surface area contributed by atoms with Crippen LogP contribution in [0.5, 0.6) is 0 Å². The summed E-state index contributed by atoms with van der Waals surface area (Å²) in [6, 6.07) is 23.9. The summed E-state index contributed by atoms with van der Waals surface area (Å²) in [5.41, 5.74) is 8.41. The Hall–Kier alpha value is -2.21. The smallest absolute Gasteiger partial charge is 0.0535 e. The summed E-state index contributed by atoms with van der Waals surface area (Å²) in [6.45, 7) is 4.51. The van der Waals surface area contributed by atoms with Crippen LogP contribution in [0.3, 0.4) is 0 Å². The zero-order chi connectivity index (χ0) is 14.7. The van der Waals surface area contributed by atoms with E-state index < -0.39 is 0 Å². The summed E-state index contributed by atoms with van der Waals surface area (Å²) in [4.78, 5) is 0. The molecule has 0 atom stereocenters. The van der Waals surface area contributed by atoms with E-state index in [2.05, 4.69) is 80.6 Å². The molecule has 0 spiro atoms. The quantitative estimate of drug-likeness (QED) is 0.522. The molecule has 0 bridgehead atoms. The van der Waals surface area contributed by atoms with Crippen LogP contribution in [0.4, 0.5) is 0 Å². The topological polar surface area (TPSA) is 0 Å². The Morgan fingerprint density at radius 1 is 0.762 bits per heavy atom. The van der Waals surface area contributed by atoms with Gasteiger partial charge in [0, 0.05) is 0 Å². The van der Waals surface area contributed by atoms with Gasteiger partial charge in [0.15, 0.2) is 0 Å². The lowest BCUT2D eigenvalue weighted by molar-refractivity contribution is 1.06. The molecule has 0 saturated carbocycles. The fraction of sp³-hybridized carbons (Fsp3) is 0.190. The summed E-state index contributed by atoms with van der Waals surface area (Å²) in [5.74, 6) is 0. The third kappa shape index (κ3) is 2.54. The van der Waals surface area contributed by atoms with Crippen molar-refractivity contribution in [3.8, 4) is 22.3 Å². The van der Waals surface area contributed by atoms with Crippen LogP contribution in [0, 0.1) is 0 Å². The molecular weight excluding hydrogens is 252 g/mol. The summed E-state index contributed by atoms with van der Waals surface area (Å²) in [5, 5.41) is 0. The first-order chi connectivity index (χ1) is 10.3. The van der Waals surface area contributed by atoms with Gasteiger partial charge < -0.3 is 0 Å². The van der Waals surface area contributed by atoms with E-state index in [1.54, 1.807) is 0 Å². The molecule has 0 N–H and O–H groups in total. The van der Waals surface area contributed by atoms with Gasteiger partial charge in [-0.25, -0.2) is 0 Å². The molecule has 0 aliphatic carbocycles. The van der Waals surface area contributed by atoms with Gasteiger partial charge in [0.1, 0.15) is 0 Å². The second-order valence-corrected chi connectivity index (χ2v) is 5.38. The minimum Gasteiger partial charge on any atom is -0.172 e. The predicted molar refractivity (Wildman–Crippen MR) is 91.7 cm³/mol. The second-order valence-electron chi connectivity index (χ2n) is 5.38. The molecule has 0 saturated heterocycles. The average Bonchev–Trinajstić information content (AvgIpc) is 2.95. The SMILES string of the molecule is CCc1c(-c2ccccc2)c(-c2ccccc2)c[c-]1CC. The van der Waals surface area contributed by atoms with Gasteiger partial charge in [0.25, 0.3) is 0 Å². The average molecular weight is 273 g/mol. The van der Waals surface area contributed by atoms with Crippen molar-refractivity contribution in [2.45, 2.75) is 26.7 Å². The van der Waals surface area contributed by atoms with E-state index in [-0.39, 0.29) is 0 Å². The zero-order valence-corrected chi connectivity index (χ0v) is 12.8. The number of benzene rings is 2. The highest BCUT2D eigenvalue weighted by molar-refractivity contribution is 5.88. The molecule has 21 heavy (non-hydrogen) atoms. The maximum Gasteiger partial charge on any atom is -0.0535 e. The minimum absolute atomic E-state index is 1.08. The van der Waals surface area contributed by atoms with Crippen molar-refractivity contribution >= 4 is 0 Å². The van der Waals surface area contributed by atoms with Crippen molar-refractivity contribution in [1.82, 2.24) is 0 Å². The third-order valence-electron chi connectivity index (χ3n) is 4.16. The summed E-state index contributed by atoms with van der Waals surface area (Å²) in [7, 11) is 0. The summed E-state index contributed by atoms with van der Waals surface area (Å²) >= 11 is 0. The number of hydrogen-bond acceptors (Lipinski definition) is 0. The lowest BCUT2D eigenvalue weighted by atomic mass is 9.95. The van der Waals surface area contributed by atoms with Crippen LogP contribution in [0.2, 0.25) is 0 Å². The molecule has 0 fully saturated rings. The van der Waals surface area contributed by atoms with Gasteiger partial charge in [-0.05, 0) is 0 Å². The largest absolute Gasteiger partial charge is 0.172 e. The van der Waals surface area contributed by atoms with Gasteiger partial charge in [-0.2, -0.15) is 28.3 Å². The van der Waals surface area contributed by atoms with Gasteiger partial charge >= 0.3 is 0 Å². The number of rotatable bonds is 4. The second kappa shape index (κ2) is 6.05. The maximum atomic E-state index is 2.39. The molecular formula is C21H21-. The molecule has 106 valence electrons. The minimum atomic E-state index is 1.08. The Bertz CT molecular complexity index is 703. The van der Waals surface area contributed by atoms with E-state index in [0.29, 0.717) is 0 Å². The van der Waals surface area contributed by atoms with E-state index >= 15 is 0 Å². The third-order valence-corrected chi connectivity index (χ3v) is 4.16. The van der Waals surface area contributed by atoms with E-state index in [9.17, 15) is 0 Å². The first-order valence-electron chi connectivity index (χ1n) is 7.77. The van der Waals surface area contributed by atoms with E-state index in [1.165, 1.54) is 33.4 Å². The van der Waals surface area contributed by atoms with Crippen molar-refractivity contribution in [2.75, 3.05) is 0 Å². The number of hydrogen-bond donors (Lipinski definition) is 0. The molecule has 0 aliphatic rings. The number of aryl methyl sites for hydroxylation is 1. The molecule has 0 heterocycles. The molecule has 0 aliphatic heterocycles. The van der Waals surface area contributed by atoms with Crippen LogP contribution in [-0.4, -0.2) is 0 Å². The maximum absolute atomic E-state index is 2.39. The zero-order valence-electron chi connectivity index (χ0n) is 12.8. The van der Waals surface area contributed by atoms with Crippen LogP contribution < -0.4 is 0 Å². The lowest BCUT2D eigenvalue weighted by Gasteiger charge is -2.18. The van der Waals surface area contributed by atoms with Gasteiger partial charge in [0.05, 0.1) is 0 Å². The van der Waals surface area contributed by atoms with Gasteiger partial charge in [0.2, 0.25) is 0 Å². The Morgan fingerprint density at radius 3 is 1.86 bits per heavy atom. The van der Waals surface area contributed by atoms with Crippen LogP contribution in [0.15, 0.2) is 66.7 Å². The molecule has 3 aromatic rings.